The molecule has 2 fully saturated rings. The van der Waals surface area contributed by atoms with E-state index in [-0.39, 0.29) is 5.60 Å². The summed E-state index contributed by atoms with van der Waals surface area (Å²) in [6.45, 7) is 2.17. The summed E-state index contributed by atoms with van der Waals surface area (Å²) in [5.74, 6) is 2.39. The van der Waals surface area contributed by atoms with Crippen molar-refractivity contribution in [2.45, 2.75) is 31.0 Å². The van der Waals surface area contributed by atoms with Gasteiger partial charge in [0, 0.05) is 25.3 Å². The van der Waals surface area contributed by atoms with Crippen molar-refractivity contribution in [2.75, 3.05) is 31.3 Å². The van der Waals surface area contributed by atoms with Gasteiger partial charge in [0.25, 0.3) is 0 Å². The van der Waals surface area contributed by atoms with Crippen molar-refractivity contribution in [2.24, 2.45) is 5.73 Å². The first-order valence-electron chi connectivity index (χ1n) is 5.38. The van der Waals surface area contributed by atoms with Gasteiger partial charge in [0.05, 0.1) is 18.3 Å². The Morgan fingerprint density at radius 3 is 3.21 bits per heavy atom. The molecule has 2 atom stereocenters. The van der Waals surface area contributed by atoms with Crippen molar-refractivity contribution in [1.82, 2.24) is 0 Å². The highest BCUT2D eigenvalue weighted by Gasteiger charge is 2.40. The summed E-state index contributed by atoms with van der Waals surface area (Å²) in [4.78, 5) is 0. The zero-order valence-corrected chi connectivity index (χ0v) is 9.35. The fourth-order valence-corrected chi connectivity index (χ4v) is 3.60. The van der Waals surface area contributed by atoms with E-state index in [0.29, 0.717) is 19.3 Å². The first-order valence-corrected chi connectivity index (χ1v) is 6.53. The van der Waals surface area contributed by atoms with Gasteiger partial charge in [-0.3, -0.25) is 0 Å². The smallest absolute Gasteiger partial charge is 0.0805 e. The Kier molecular flexibility index (Phi) is 3.71. The largest absolute Gasteiger partial charge is 0.377 e. The SMILES string of the molecule is NCCOC1CCOC2(CCSC2)C1. The second-order valence-electron chi connectivity index (χ2n) is 4.11. The third-order valence-electron chi connectivity index (χ3n) is 2.99. The van der Waals surface area contributed by atoms with Crippen molar-refractivity contribution in [1.29, 1.82) is 0 Å². The van der Waals surface area contributed by atoms with Crippen LogP contribution in [-0.4, -0.2) is 43.0 Å². The molecule has 0 aromatic carbocycles. The van der Waals surface area contributed by atoms with E-state index in [9.17, 15) is 0 Å². The molecule has 2 unspecified atom stereocenters. The molecule has 1 spiro atoms. The molecule has 0 saturated carbocycles. The van der Waals surface area contributed by atoms with Crippen LogP contribution in [-0.2, 0) is 9.47 Å². The van der Waals surface area contributed by atoms with Gasteiger partial charge < -0.3 is 15.2 Å². The van der Waals surface area contributed by atoms with Gasteiger partial charge in [-0.1, -0.05) is 0 Å². The van der Waals surface area contributed by atoms with Gasteiger partial charge in [0.1, 0.15) is 0 Å². The lowest BCUT2D eigenvalue weighted by Crippen LogP contribution is -2.43. The Bertz CT molecular complexity index is 183. The van der Waals surface area contributed by atoms with E-state index >= 15 is 0 Å². The molecule has 2 aliphatic rings. The van der Waals surface area contributed by atoms with Crippen LogP contribution in [0.5, 0.6) is 0 Å². The van der Waals surface area contributed by atoms with Crippen LogP contribution < -0.4 is 5.73 Å². The minimum Gasteiger partial charge on any atom is -0.377 e. The molecular formula is C10H19NO2S. The van der Waals surface area contributed by atoms with Crippen molar-refractivity contribution >= 4 is 11.8 Å². The average Bonchev–Trinajstić information content (AvgIpc) is 2.63. The molecule has 3 nitrogen and oxygen atoms in total. The Labute approximate surface area is 89.7 Å². The maximum absolute atomic E-state index is 5.90. The van der Waals surface area contributed by atoms with Gasteiger partial charge in [0.2, 0.25) is 0 Å². The number of hydrogen-bond acceptors (Lipinski definition) is 4. The van der Waals surface area contributed by atoms with Crippen molar-refractivity contribution in [3.63, 3.8) is 0 Å². The maximum atomic E-state index is 5.90. The van der Waals surface area contributed by atoms with E-state index in [1.165, 1.54) is 12.2 Å². The van der Waals surface area contributed by atoms with Crippen LogP contribution in [0.25, 0.3) is 0 Å². The Balaban J connectivity index is 1.83. The monoisotopic (exact) mass is 217 g/mol. The minimum atomic E-state index is 0.141. The average molecular weight is 217 g/mol. The number of nitrogens with two attached hydrogens (primary N) is 1. The third-order valence-corrected chi connectivity index (χ3v) is 4.21. The molecule has 0 bridgehead atoms. The van der Waals surface area contributed by atoms with Crippen molar-refractivity contribution in [3.05, 3.63) is 0 Å². The predicted molar refractivity (Wildman–Crippen MR) is 58.7 cm³/mol. The number of thioether (sulfide) groups is 1. The van der Waals surface area contributed by atoms with Gasteiger partial charge in [-0.25, -0.2) is 0 Å². The molecular weight excluding hydrogens is 198 g/mol. The Morgan fingerprint density at radius 2 is 2.50 bits per heavy atom. The van der Waals surface area contributed by atoms with Gasteiger partial charge in [-0.15, -0.1) is 0 Å². The van der Waals surface area contributed by atoms with Crippen LogP contribution in [0.2, 0.25) is 0 Å². The molecule has 2 rings (SSSR count). The quantitative estimate of drug-likeness (QED) is 0.766. The predicted octanol–water partition coefficient (Wildman–Crippen LogP) is 1.02. The van der Waals surface area contributed by atoms with E-state index in [1.54, 1.807) is 0 Å². The molecule has 0 amide bonds. The zero-order chi connectivity index (χ0) is 9.86. The molecule has 4 heteroatoms. The highest BCUT2D eigenvalue weighted by Crippen LogP contribution is 2.38. The number of ether oxygens (including phenoxy) is 2. The summed E-state index contributed by atoms with van der Waals surface area (Å²) in [5, 5.41) is 0. The van der Waals surface area contributed by atoms with Crippen LogP contribution in [0.3, 0.4) is 0 Å². The first kappa shape index (κ1) is 10.7. The number of rotatable bonds is 3. The highest BCUT2D eigenvalue weighted by atomic mass is 32.2. The van der Waals surface area contributed by atoms with Gasteiger partial charge >= 0.3 is 0 Å². The van der Waals surface area contributed by atoms with Crippen molar-refractivity contribution < 1.29 is 9.47 Å². The molecule has 0 aliphatic carbocycles. The maximum Gasteiger partial charge on any atom is 0.0805 e. The summed E-state index contributed by atoms with van der Waals surface area (Å²) in [5.41, 5.74) is 5.57. The summed E-state index contributed by atoms with van der Waals surface area (Å²) in [6, 6.07) is 0. The second-order valence-corrected chi connectivity index (χ2v) is 5.21. The van der Waals surface area contributed by atoms with E-state index < -0.39 is 0 Å². The molecule has 2 heterocycles. The fraction of sp³-hybridized carbons (Fsp3) is 1.00. The second kappa shape index (κ2) is 4.84. The molecule has 2 N–H and O–H groups in total. The van der Waals surface area contributed by atoms with Crippen LogP contribution in [0.4, 0.5) is 0 Å². The van der Waals surface area contributed by atoms with E-state index in [0.717, 1.165) is 25.2 Å². The Hall–Kier alpha value is 0.230. The van der Waals surface area contributed by atoms with Crippen LogP contribution in [0, 0.1) is 0 Å². The van der Waals surface area contributed by atoms with Crippen LogP contribution in [0.1, 0.15) is 19.3 Å². The molecule has 0 radical (unpaired) electrons. The molecule has 2 saturated heterocycles. The molecule has 2 aliphatic heterocycles. The summed E-state index contributed by atoms with van der Waals surface area (Å²) >= 11 is 2.00. The lowest BCUT2D eigenvalue weighted by atomic mass is 9.91. The van der Waals surface area contributed by atoms with E-state index in [4.69, 9.17) is 15.2 Å². The van der Waals surface area contributed by atoms with Gasteiger partial charge in [-0.05, 0) is 18.6 Å². The van der Waals surface area contributed by atoms with Gasteiger partial charge in [-0.2, -0.15) is 11.8 Å². The molecule has 14 heavy (non-hydrogen) atoms. The minimum absolute atomic E-state index is 0.141. The Morgan fingerprint density at radius 1 is 1.57 bits per heavy atom. The van der Waals surface area contributed by atoms with E-state index in [1.807, 2.05) is 11.8 Å². The van der Waals surface area contributed by atoms with Crippen molar-refractivity contribution in [3.8, 4) is 0 Å². The lowest BCUT2D eigenvalue weighted by molar-refractivity contribution is -0.119. The third kappa shape index (κ3) is 2.42. The molecule has 0 aromatic rings. The summed E-state index contributed by atoms with van der Waals surface area (Å²) in [6.07, 6.45) is 3.68. The van der Waals surface area contributed by atoms with Crippen LogP contribution in [0.15, 0.2) is 0 Å². The summed E-state index contributed by atoms with van der Waals surface area (Å²) < 4.78 is 11.6. The summed E-state index contributed by atoms with van der Waals surface area (Å²) in [7, 11) is 0. The lowest BCUT2D eigenvalue weighted by Gasteiger charge is -2.37. The zero-order valence-electron chi connectivity index (χ0n) is 8.54. The molecule has 82 valence electrons. The van der Waals surface area contributed by atoms with E-state index in [2.05, 4.69) is 0 Å². The first-order chi connectivity index (χ1) is 6.85. The fourth-order valence-electron chi connectivity index (χ4n) is 2.22. The standard InChI is InChI=1S/C10H19NO2S/c11-3-5-12-9-1-4-13-10(7-9)2-6-14-8-10/h9H,1-8,11H2. The van der Waals surface area contributed by atoms with Crippen LogP contribution >= 0.6 is 11.8 Å². The van der Waals surface area contributed by atoms with Gasteiger partial charge in [0.15, 0.2) is 0 Å². The molecule has 0 aromatic heterocycles. The normalized spacial score (nSPS) is 37.9. The highest BCUT2D eigenvalue weighted by molar-refractivity contribution is 7.99. The number of hydrogen-bond donors (Lipinski definition) is 1. The topological polar surface area (TPSA) is 44.5 Å².